The molecule has 1 heterocycles. The van der Waals surface area contributed by atoms with Crippen LogP contribution in [-0.2, 0) is 27.4 Å². The van der Waals surface area contributed by atoms with E-state index < -0.39 is 45.7 Å². The molecule has 47 heavy (non-hydrogen) atoms. The number of alkyl halides is 3. The van der Waals surface area contributed by atoms with Crippen LogP contribution in [0.2, 0.25) is 0 Å². The van der Waals surface area contributed by atoms with Crippen molar-refractivity contribution in [2.24, 2.45) is 0 Å². The normalized spacial score (nSPS) is 11.3. The highest BCUT2D eigenvalue weighted by Gasteiger charge is 2.31. The Bertz CT molecular complexity index is 1980. The third kappa shape index (κ3) is 8.58. The standard InChI is InChI=1S/C32H25F5N7O2S/c33-25-11-10-21(32(35,36)37)16-28(25)43-31(45)42-27-12-9-20(15-26(27)34)24-18-40-30(41-22-7-4-8-23(17-22)47(38)46)44-29(24)39-14-13-19-5-2-1-3-6-19/h1-12,15-18,38H,13-14H2,(H2,42,43,45)(H2,39,40,41,44)/q-1. The molecule has 5 aromatic rings. The molecular weight excluding hydrogens is 641 g/mol. The molecule has 5 N–H and O–H groups in total. The van der Waals surface area contributed by atoms with Gasteiger partial charge in [-0.3, -0.25) is 0 Å². The lowest BCUT2D eigenvalue weighted by atomic mass is 10.1. The summed E-state index contributed by atoms with van der Waals surface area (Å²) in [5, 5.41) is 10.4. The van der Waals surface area contributed by atoms with Crippen LogP contribution in [0.5, 0.6) is 0 Å². The first-order valence-electron chi connectivity index (χ1n) is 13.9. The van der Waals surface area contributed by atoms with Crippen LogP contribution >= 0.6 is 0 Å². The van der Waals surface area contributed by atoms with E-state index in [0.717, 1.165) is 11.6 Å². The molecule has 0 saturated carbocycles. The monoisotopic (exact) mass is 666 g/mol. The summed E-state index contributed by atoms with van der Waals surface area (Å²) < 4.78 is 87.4. The maximum atomic E-state index is 15.2. The Hall–Kier alpha value is -5.57. The van der Waals surface area contributed by atoms with Crippen molar-refractivity contribution in [1.29, 1.82) is 4.78 Å². The third-order valence-corrected chi connectivity index (χ3v) is 7.39. The van der Waals surface area contributed by atoms with E-state index in [9.17, 15) is 26.6 Å². The Morgan fingerprint density at radius 3 is 2.34 bits per heavy atom. The lowest BCUT2D eigenvalue weighted by Gasteiger charge is -2.15. The molecule has 0 fully saturated rings. The number of urea groups is 1. The Morgan fingerprint density at radius 1 is 0.851 bits per heavy atom. The number of hydrogen-bond donors (Lipinski definition) is 5. The number of anilines is 5. The molecule has 1 aromatic heterocycles. The highest BCUT2D eigenvalue weighted by atomic mass is 32.2. The quantitative estimate of drug-likeness (QED) is 0.0750. The molecule has 242 valence electrons. The van der Waals surface area contributed by atoms with E-state index >= 15 is 4.39 Å². The molecule has 0 aliphatic heterocycles. The van der Waals surface area contributed by atoms with Gasteiger partial charge in [-0.2, -0.15) is 28.8 Å². The second-order valence-electron chi connectivity index (χ2n) is 10.0. The molecule has 0 unspecified atom stereocenters. The average Bonchev–Trinajstić information content (AvgIpc) is 3.03. The summed E-state index contributed by atoms with van der Waals surface area (Å²) in [4.78, 5) is 21.6. The van der Waals surface area contributed by atoms with Gasteiger partial charge in [-0.1, -0.05) is 59.5 Å². The minimum absolute atomic E-state index is 0.168. The van der Waals surface area contributed by atoms with Crippen LogP contribution in [0.4, 0.5) is 55.6 Å². The molecule has 9 nitrogen and oxygen atoms in total. The molecule has 5 rings (SSSR count). The van der Waals surface area contributed by atoms with Gasteiger partial charge in [0, 0.05) is 24.0 Å². The molecule has 0 saturated heterocycles. The number of amides is 2. The second kappa shape index (κ2) is 14.2. The molecule has 0 radical (unpaired) electrons. The molecular formula is C32H25F5N7O2S-. The molecule has 15 heteroatoms. The summed E-state index contributed by atoms with van der Waals surface area (Å²) in [6.07, 6.45) is -2.66. The fourth-order valence-corrected chi connectivity index (χ4v) is 4.87. The van der Waals surface area contributed by atoms with Crippen molar-refractivity contribution in [3.05, 3.63) is 120 Å². The van der Waals surface area contributed by atoms with Crippen molar-refractivity contribution in [3.63, 3.8) is 0 Å². The zero-order valence-electron chi connectivity index (χ0n) is 24.2. The van der Waals surface area contributed by atoms with Gasteiger partial charge in [-0.15, -0.1) is 0 Å². The summed E-state index contributed by atoms with van der Waals surface area (Å²) in [5.41, 5.74) is 0.0893. The number of nitrogens with one attached hydrogen (secondary N) is 5. The Labute approximate surface area is 267 Å². The minimum Gasteiger partial charge on any atom is -0.440 e. The minimum atomic E-state index is -4.76. The first-order chi connectivity index (χ1) is 22.5. The van der Waals surface area contributed by atoms with Gasteiger partial charge in [0.2, 0.25) is 5.95 Å². The predicted molar refractivity (Wildman–Crippen MR) is 169 cm³/mol. The highest BCUT2D eigenvalue weighted by molar-refractivity contribution is 7.73. The van der Waals surface area contributed by atoms with Gasteiger partial charge in [0.05, 0.1) is 16.9 Å². The molecule has 0 spiro atoms. The Balaban J connectivity index is 1.37. The molecule has 0 bridgehead atoms. The van der Waals surface area contributed by atoms with E-state index in [1.165, 1.54) is 24.4 Å². The lowest BCUT2D eigenvalue weighted by molar-refractivity contribution is -0.137. The van der Waals surface area contributed by atoms with Crippen LogP contribution in [0, 0.1) is 16.4 Å². The van der Waals surface area contributed by atoms with Crippen molar-refractivity contribution in [1.82, 2.24) is 9.97 Å². The Morgan fingerprint density at radius 2 is 1.62 bits per heavy atom. The fourth-order valence-electron chi connectivity index (χ4n) is 4.43. The number of carbonyl (C=O) groups is 1. The Kier molecular flexibility index (Phi) is 9.94. The summed E-state index contributed by atoms with van der Waals surface area (Å²) in [7, 11) is -1.94. The molecule has 4 aromatic carbocycles. The molecule has 0 atom stereocenters. The largest absolute Gasteiger partial charge is 0.440 e. The van der Waals surface area contributed by atoms with Crippen LogP contribution in [0.1, 0.15) is 11.1 Å². The van der Waals surface area contributed by atoms with Gasteiger partial charge in [0.1, 0.15) is 17.5 Å². The number of hydrogen-bond acceptors (Lipinski definition) is 8. The van der Waals surface area contributed by atoms with Gasteiger partial charge >= 0.3 is 12.2 Å². The molecule has 2 amide bonds. The number of halogens is 5. The third-order valence-electron chi connectivity index (χ3n) is 6.71. The van der Waals surface area contributed by atoms with Crippen LogP contribution < -0.4 is 21.3 Å². The van der Waals surface area contributed by atoms with Crippen molar-refractivity contribution in [3.8, 4) is 11.1 Å². The average molecular weight is 667 g/mol. The molecule has 0 aliphatic carbocycles. The first-order valence-corrected chi connectivity index (χ1v) is 15.0. The summed E-state index contributed by atoms with van der Waals surface area (Å²) in [5.74, 6) is -1.48. The van der Waals surface area contributed by atoms with Gasteiger partial charge < -0.3 is 30.3 Å². The van der Waals surface area contributed by atoms with Crippen molar-refractivity contribution >= 4 is 45.5 Å². The topological polar surface area (TPSA) is 132 Å². The van der Waals surface area contributed by atoms with Crippen LogP contribution in [0.25, 0.3) is 11.1 Å². The number of benzene rings is 4. The van der Waals surface area contributed by atoms with Crippen LogP contribution in [0.3, 0.4) is 0 Å². The zero-order chi connectivity index (χ0) is 33.6. The number of carbonyl (C=O) groups excluding carboxylic acids is 1. The van der Waals surface area contributed by atoms with E-state index in [2.05, 4.69) is 25.9 Å². The molecule has 0 aliphatic rings. The maximum Gasteiger partial charge on any atom is 0.416 e. The predicted octanol–water partition coefficient (Wildman–Crippen LogP) is 8.57. The second-order valence-corrected chi connectivity index (χ2v) is 11.0. The van der Waals surface area contributed by atoms with E-state index in [1.807, 2.05) is 35.6 Å². The van der Waals surface area contributed by atoms with E-state index in [4.69, 9.17) is 4.78 Å². The van der Waals surface area contributed by atoms with E-state index in [1.54, 1.807) is 18.2 Å². The van der Waals surface area contributed by atoms with E-state index in [-0.39, 0.29) is 16.5 Å². The van der Waals surface area contributed by atoms with Crippen molar-refractivity contribution in [2.45, 2.75) is 17.5 Å². The first kappa shape index (κ1) is 32.8. The van der Waals surface area contributed by atoms with Crippen LogP contribution in [0.15, 0.2) is 102 Å². The van der Waals surface area contributed by atoms with Gasteiger partial charge in [-0.05, 0) is 53.9 Å². The lowest BCUT2D eigenvalue weighted by Crippen LogP contribution is -2.21. The summed E-state index contributed by atoms with van der Waals surface area (Å²) in [6, 6.07) is 20.3. The SMILES string of the molecule is N=[S-](=O)c1cccc(Nc2ncc(-c3ccc(NC(=O)Nc4cc(C(F)(F)F)ccc4F)c(F)c3)c(NCCc3ccccc3)n2)c1. The summed E-state index contributed by atoms with van der Waals surface area (Å²) >= 11 is 0. The maximum absolute atomic E-state index is 15.2. The van der Waals surface area contributed by atoms with Gasteiger partial charge in [0.15, 0.2) is 0 Å². The number of aromatic nitrogens is 2. The van der Waals surface area contributed by atoms with Crippen LogP contribution in [-0.4, -0.2) is 22.5 Å². The van der Waals surface area contributed by atoms with Crippen molar-refractivity contribution in [2.75, 3.05) is 27.8 Å². The summed E-state index contributed by atoms with van der Waals surface area (Å²) in [6.45, 7) is 0.454. The van der Waals surface area contributed by atoms with Gasteiger partial charge in [0.25, 0.3) is 0 Å². The van der Waals surface area contributed by atoms with Crippen molar-refractivity contribution < 1.29 is 31.0 Å². The highest BCUT2D eigenvalue weighted by Crippen LogP contribution is 2.33. The fraction of sp³-hybridized carbons (Fsp3) is 0.0938. The van der Waals surface area contributed by atoms with E-state index in [0.29, 0.717) is 53.8 Å². The number of rotatable bonds is 10. The number of nitrogens with zero attached hydrogens (tertiary/aromatic N) is 2. The smallest absolute Gasteiger partial charge is 0.416 e. The van der Waals surface area contributed by atoms with Gasteiger partial charge in [-0.25, -0.2) is 18.6 Å². The zero-order valence-corrected chi connectivity index (χ0v) is 25.0.